The smallest absolute Gasteiger partial charge is 0.191 e. The molecule has 1 saturated heterocycles. The fourth-order valence-electron chi connectivity index (χ4n) is 3.62. The molecule has 0 spiro atoms. The molecule has 9 heteroatoms. The van der Waals surface area contributed by atoms with E-state index in [-0.39, 0.29) is 30.0 Å². The zero-order valence-electron chi connectivity index (χ0n) is 18.0. The topological polar surface area (TPSA) is 58.1 Å². The van der Waals surface area contributed by atoms with Crippen molar-refractivity contribution in [1.29, 1.82) is 0 Å². The van der Waals surface area contributed by atoms with Crippen molar-refractivity contribution in [2.75, 3.05) is 45.8 Å². The fourth-order valence-corrected chi connectivity index (χ4v) is 3.62. The van der Waals surface area contributed by atoms with Crippen LogP contribution in [0.5, 0.6) is 11.5 Å². The van der Waals surface area contributed by atoms with Crippen molar-refractivity contribution < 1.29 is 18.3 Å². The van der Waals surface area contributed by atoms with Crippen LogP contribution in [0.15, 0.2) is 41.4 Å². The maximum atomic E-state index is 14.0. The first-order valence-electron chi connectivity index (χ1n) is 9.92. The highest BCUT2D eigenvalue weighted by molar-refractivity contribution is 14.0. The van der Waals surface area contributed by atoms with E-state index in [9.17, 15) is 8.78 Å². The summed E-state index contributed by atoms with van der Waals surface area (Å²) in [6.07, 6.45) is 1.57. The molecular formula is C22H29F2IN4O2. The maximum absolute atomic E-state index is 14.0. The molecule has 2 N–H and O–H groups in total. The molecule has 0 amide bonds. The largest absolute Gasteiger partial charge is 0.497 e. The van der Waals surface area contributed by atoms with Crippen LogP contribution in [0.1, 0.15) is 12.0 Å². The Kier molecular flexibility index (Phi) is 9.60. The molecule has 0 saturated carbocycles. The number of halogens is 3. The van der Waals surface area contributed by atoms with Gasteiger partial charge >= 0.3 is 0 Å². The maximum Gasteiger partial charge on any atom is 0.191 e. The van der Waals surface area contributed by atoms with E-state index in [4.69, 9.17) is 9.47 Å². The summed E-state index contributed by atoms with van der Waals surface area (Å²) in [6, 6.07) is 9.53. The van der Waals surface area contributed by atoms with Crippen LogP contribution >= 0.6 is 24.0 Å². The van der Waals surface area contributed by atoms with Gasteiger partial charge in [-0.15, -0.1) is 24.0 Å². The fraction of sp³-hybridized carbons (Fsp3) is 0.409. The molecule has 0 radical (unpaired) electrons. The molecule has 1 unspecified atom stereocenters. The van der Waals surface area contributed by atoms with Crippen LogP contribution in [0.4, 0.5) is 14.5 Å². The molecule has 1 aliphatic rings. The van der Waals surface area contributed by atoms with Gasteiger partial charge in [-0.05, 0) is 48.7 Å². The Balaban J connectivity index is 0.00000341. The summed E-state index contributed by atoms with van der Waals surface area (Å²) in [5, 5.41) is 6.69. The van der Waals surface area contributed by atoms with Crippen molar-refractivity contribution in [1.82, 2.24) is 10.6 Å². The van der Waals surface area contributed by atoms with E-state index in [0.29, 0.717) is 31.3 Å². The minimum Gasteiger partial charge on any atom is -0.497 e. The predicted molar refractivity (Wildman–Crippen MR) is 130 cm³/mol. The zero-order valence-corrected chi connectivity index (χ0v) is 20.3. The van der Waals surface area contributed by atoms with Gasteiger partial charge in [-0.25, -0.2) is 8.78 Å². The number of rotatable bonds is 7. The van der Waals surface area contributed by atoms with Crippen molar-refractivity contribution >= 4 is 35.6 Å². The van der Waals surface area contributed by atoms with Gasteiger partial charge in [-0.3, -0.25) is 4.99 Å². The van der Waals surface area contributed by atoms with E-state index < -0.39 is 11.6 Å². The van der Waals surface area contributed by atoms with Gasteiger partial charge in [0, 0.05) is 38.8 Å². The van der Waals surface area contributed by atoms with E-state index in [1.807, 2.05) is 23.1 Å². The van der Waals surface area contributed by atoms with Crippen molar-refractivity contribution in [3.63, 3.8) is 0 Å². The number of aliphatic imine (C=N–C) groups is 1. The van der Waals surface area contributed by atoms with Crippen molar-refractivity contribution in [3.05, 3.63) is 53.6 Å². The van der Waals surface area contributed by atoms with Crippen LogP contribution in [-0.2, 0) is 6.42 Å². The second kappa shape index (κ2) is 11.9. The molecule has 0 aliphatic carbocycles. The number of anilines is 1. The molecule has 6 nitrogen and oxygen atoms in total. The molecule has 0 aromatic heterocycles. The standard InChI is InChI=1S/C22H28F2N4O2.HI/c1-25-22(26-10-8-15-12-18(29-2)5-7-21(15)30-3)27-17-9-11-28(14-17)20-6-4-16(23)13-19(20)24;/h4-7,12-13,17H,8-11,14H2,1-3H3,(H2,25,26,27);1H. The number of benzene rings is 2. The van der Waals surface area contributed by atoms with Gasteiger partial charge < -0.3 is 25.0 Å². The molecular weight excluding hydrogens is 517 g/mol. The predicted octanol–water partition coefficient (Wildman–Crippen LogP) is 3.59. The van der Waals surface area contributed by atoms with Crippen molar-refractivity contribution in [2.45, 2.75) is 18.9 Å². The summed E-state index contributed by atoms with van der Waals surface area (Å²) in [5.41, 5.74) is 1.47. The van der Waals surface area contributed by atoms with E-state index in [1.54, 1.807) is 21.3 Å². The number of guanidine groups is 1. The van der Waals surface area contributed by atoms with E-state index in [1.165, 1.54) is 12.1 Å². The lowest BCUT2D eigenvalue weighted by atomic mass is 10.1. The van der Waals surface area contributed by atoms with Crippen LogP contribution in [0.2, 0.25) is 0 Å². The summed E-state index contributed by atoms with van der Waals surface area (Å²) in [5.74, 6) is 1.18. The molecule has 2 aromatic rings. The first kappa shape index (κ1) is 25.0. The second-order valence-corrected chi connectivity index (χ2v) is 7.10. The monoisotopic (exact) mass is 546 g/mol. The highest BCUT2D eigenvalue weighted by Crippen LogP contribution is 2.25. The average molecular weight is 546 g/mol. The lowest BCUT2D eigenvalue weighted by Crippen LogP contribution is -2.45. The Morgan fingerprint density at radius 2 is 1.97 bits per heavy atom. The average Bonchev–Trinajstić information content (AvgIpc) is 3.21. The summed E-state index contributed by atoms with van der Waals surface area (Å²) in [6.45, 7) is 1.97. The third-order valence-electron chi connectivity index (χ3n) is 5.18. The third kappa shape index (κ3) is 6.59. The Labute approximate surface area is 199 Å². The quantitative estimate of drug-likeness (QED) is 0.316. The number of hydrogen-bond acceptors (Lipinski definition) is 4. The number of ether oxygens (including phenoxy) is 2. The first-order chi connectivity index (χ1) is 14.5. The van der Waals surface area contributed by atoms with Crippen LogP contribution in [0, 0.1) is 11.6 Å². The van der Waals surface area contributed by atoms with Gasteiger partial charge in [-0.2, -0.15) is 0 Å². The minimum absolute atomic E-state index is 0. The Morgan fingerprint density at radius 1 is 1.16 bits per heavy atom. The number of nitrogens with one attached hydrogen (secondary N) is 2. The van der Waals surface area contributed by atoms with Crippen LogP contribution in [0.25, 0.3) is 0 Å². The Bertz CT molecular complexity index is 898. The highest BCUT2D eigenvalue weighted by Gasteiger charge is 2.25. The molecule has 1 fully saturated rings. The molecule has 0 bridgehead atoms. The van der Waals surface area contributed by atoms with Gasteiger partial charge in [0.05, 0.1) is 19.9 Å². The highest BCUT2D eigenvalue weighted by atomic mass is 127. The summed E-state index contributed by atoms with van der Waals surface area (Å²) < 4.78 is 37.9. The molecule has 2 aromatic carbocycles. The van der Waals surface area contributed by atoms with Crippen LogP contribution < -0.4 is 25.0 Å². The van der Waals surface area contributed by atoms with Gasteiger partial charge in [0.25, 0.3) is 0 Å². The second-order valence-electron chi connectivity index (χ2n) is 7.10. The molecule has 1 atom stereocenters. The van der Waals surface area contributed by atoms with E-state index >= 15 is 0 Å². The van der Waals surface area contributed by atoms with E-state index in [0.717, 1.165) is 36.0 Å². The van der Waals surface area contributed by atoms with E-state index in [2.05, 4.69) is 15.6 Å². The third-order valence-corrected chi connectivity index (χ3v) is 5.18. The number of hydrogen-bond donors (Lipinski definition) is 2. The minimum atomic E-state index is -0.567. The van der Waals surface area contributed by atoms with Gasteiger partial charge in [0.2, 0.25) is 0 Å². The van der Waals surface area contributed by atoms with Crippen molar-refractivity contribution in [3.8, 4) is 11.5 Å². The number of nitrogens with zero attached hydrogens (tertiary/aromatic N) is 2. The number of methoxy groups -OCH3 is 2. The molecule has 3 rings (SSSR count). The molecule has 170 valence electrons. The zero-order chi connectivity index (χ0) is 21.5. The lowest BCUT2D eigenvalue weighted by molar-refractivity contribution is 0.398. The summed E-state index contributed by atoms with van der Waals surface area (Å²) >= 11 is 0. The van der Waals surface area contributed by atoms with Gasteiger partial charge in [0.15, 0.2) is 5.96 Å². The van der Waals surface area contributed by atoms with Crippen LogP contribution in [0.3, 0.4) is 0 Å². The molecule has 1 heterocycles. The van der Waals surface area contributed by atoms with Gasteiger partial charge in [0.1, 0.15) is 23.1 Å². The first-order valence-corrected chi connectivity index (χ1v) is 9.92. The van der Waals surface area contributed by atoms with Crippen molar-refractivity contribution in [2.24, 2.45) is 4.99 Å². The summed E-state index contributed by atoms with van der Waals surface area (Å²) in [4.78, 5) is 6.20. The normalized spacial score (nSPS) is 16.0. The molecule has 31 heavy (non-hydrogen) atoms. The SMILES string of the molecule is CN=C(NCCc1cc(OC)ccc1OC)NC1CCN(c2ccc(F)cc2F)C1.I. The Morgan fingerprint density at radius 3 is 2.65 bits per heavy atom. The lowest BCUT2D eigenvalue weighted by Gasteiger charge is -2.21. The molecule has 1 aliphatic heterocycles. The Hall–Kier alpha value is -2.30. The van der Waals surface area contributed by atoms with Crippen LogP contribution in [-0.4, -0.2) is 52.9 Å². The summed E-state index contributed by atoms with van der Waals surface area (Å²) in [7, 11) is 5.00. The van der Waals surface area contributed by atoms with Gasteiger partial charge in [-0.1, -0.05) is 0 Å².